The van der Waals surface area contributed by atoms with E-state index in [1.165, 1.54) is 18.2 Å². The normalized spacial score (nSPS) is 21.3. The van der Waals surface area contributed by atoms with Gasteiger partial charge in [0, 0.05) is 0 Å². The number of esters is 1. The van der Waals surface area contributed by atoms with Crippen LogP contribution < -0.4 is 10.1 Å². The van der Waals surface area contributed by atoms with Crippen LogP contribution in [0.2, 0.25) is 5.02 Å². The molecule has 104 valence electrons. The topological polar surface area (TPSA) is 47.6 Å². The number of halogens is 4. The van der Waals surface area contributed by atoms with Gasteiger partial charge < -0.3 is 14.8 Å². The van der Waals surface area contributed by atoms with E-state index < -0.39 is 24.3 Å². The molecule has 1 heterocycles. The Bertz CT molecular complexity index is 520. The highest BCUT2D eigenvalue weighted by molar-refractivity contribution is 6.33. The fraction of sp³-hybridized carbons (Fsp3) is 0.364. The molecule has 0 saturated carbocycles. The summed E-state index contributed by atoms with van der Waals surface area (Å²) in [7, 11) is 1.00. The van der Waals surface area contributed by atoms with E-state index in [1.807, 2.05) is 0 Å². The van der Waals surface area contributed by atoms with Crippen LogP contribution in [-0.2, 0) is 9.53 Å². The minimum Gasteiger partial charge on any atom is -0.469 e. The molecule has 0 aromatic heterocycles. The molecule has 4 nitrogen and oxygen atoms in total. The van der Waals surface area contributed by atoms with Gasteiger partial charge in [0.1, 0.15) is 12.2 Å². The summed E-state index contributed by atoms with van der Waals surface area (Å²) in [4.78, 5) is 11.2. The van der Waals surface area contributed by atoms with Crippen molar-refractivity contribution in [3.63, 3.8) is 0 Å². The van der Waals surface area contributed by atoms with Crippen molar-refractivity contribution in [2.45, 2.75) is 18.3 Å². The lowest BCUT2D eigenvalue weighted by molar-refractivity contribution is -0.236. The maximum atomic E-state index is 13.2. The Morgan fingerprint density at radius 3 is 2.74 bits per heavy atom. The third kappa shape index (κ3) is 2.30. The molecule has 8 heteroatoms. The summed E-state index contributed by atoms with van der Waals surface area (Å²) in [6.07, 6.45) is -5.83. The van der Waals surface area contributed by atoms with E-state index in [9.17, 15) is 18.0 Å². The van der Waals surface area contributed by atoms with E-state index in [2.05, 4.69) is 10.1 Å². The van der Waals surface area contributed by atoms with Crippen molar-refractivity contribution in [2.75, 3.05) is 12.4 Å². The largest absolute Gasteiger partial charge is 0.469 e. The lowest BCUT2D eigenvalue weighted by Gasteiger charge is -2.30. The molecule has 2 rings (SSSR count). The Balaban J connectivity index is 2.40. The van der Waals surface area contributed by atoms with Gasteiger partial charge in [-0.15, -0.1) is 0 Å². The number of nitrogens with one attached hydrogen (secondary N) is 1. The third-order valence-electron chi connectivity index (χ3n) is 2.67. The average molecular weight is 296 g/mol. The molecular formula is C11H9ClF3NO3. The van der Waals surface area contributed by atoms with Crippen molar-refractivity contribution >= 4 is 23.3 Å². The number of rotatable bonds is 2. The molecule has 1 aromatic rings. The standard InChI is InChI=1S/C11H9ClF3NO3/c1-18-8(17)5-10(11(13,14)15)16-9-6(12)3-2-4-7(9)19-10/h2-4,16H,5H2,1H3. The second kappa shape index (κ2) is 4.48. The SMILES string of the molecule is COC(=O)CC1(C(F)(F)F)Nc2c(Cl)cccc2O1. The quantitative estimate of drug-likeness (QED) is 0.852. The fourth-order valence-electron chi connectivity index (χ4n) is 1.71. The van der Waals surface area contributed by atoms with Gasteiger partial charge in [-0.25, -0.2) is 0 Å². The average Bonchev–Trinajstić information content (AvgIpc) is 2.69. The summed E-state index contributed by atoms with van der Waals surface area (Å²) in [5.41, 5.74) is -2.85. The molecule has 0 spiro atoms. The summed E-state index contributed by atoms with van der Waals surface area (Å²) >= 11 is 5.79. The van der Waals surface area contributed by atoms with Crippen LogP contribution in [0.5, 0.6) is 5.75 Å². The Labute approximate surface area is 111 Å². The highest BCUT2D eigenvalue weighted by Crippen LogP contribution is 2.48. The Morgan fingerprint density at radius 1 is 1.53 bits per heavy atom. The predicted octanol–water partition coefficient (Wildman–Crippen LogP) is 2.97. The number of para-hydroxylation sites is 1. The van der Waals surface area contributed by atoms with Crippen LogP contribution in [0.4, 0.5) is 18.9 Å². The van der Waals surface area contributed by atoms with Crippen molar-refractivity contribution in [3.8, 4) is 5.75 Å². The van der Waals surface area contributed by atoms with Crippen molar-refractivity contribution in [3.05, 3.63) is 23.2 Å². The van der Waals surface area contributed by atoms with Crippen LogP contribution in [0.15, 0.2) is 18.2 Å². The molecule has 0 bridgehead atoms. The van der Waals surface area contributed by atoms with Gasteiger partial charge in [0.2, 0.25) is 0 Å². The summed E-state index contributed by atoms with van der Waals surface area (Å²) in [5.74, 6) is -1.11. The Hall–Kier alpha value is -1.63. The van der Waals surface area contributed by atoms with E-state index in [0.29, 0.717) is 0 Å². The third-order valence-corrected chi connectivity index (χ3v) is 2.98. The van der Waals surface area contributed by atoms with Crippen molar-refractivity contribution < 1.29 is 27.4 Å². The van der Waals surface area contributed by atoms with Gasteiger partial charge in [-0.05, 0) is 12.1 Å². The summed E-state index contributed by atoms with van der Waals surface area (Å²) in [6, 6.07) is 4.20. The lowest BCUT2D eigenvalue weighted by Crippen LogP contribution is -2.55. The first-order valence-corrected chi connectivity index (χ1v) is 5.56. The van der Waals surface area contributed by atoms with Gasteiger partial charge in [-0.2, -0.15) is 13.2 Å². The minimum absolute atomic E-state index is 0.00500. The monoisotopic (exact) mass is 295 g/mol. The van der Waals surface area contributed by atoms with E-state index in [0.717, 1.165) is 7.11 Å². The maximum absolute atomic E-state index is 13.2. The smallest absolute Gasteiger partial charge is 0.449 e. The van der Waals surface area contributed by atoms with Gasteiger partial charge in [0.05, 0.1) is 17.8 Å². The highest BCUT2D eigenvalue weighted by Gasteiger charge is 2.62. The first kappa shape index (κ1) is 13.8. The van der Waals surface area contributed by atoms with Crippen LogP contribution in [0, 0.1) is 0 Å². The number of hydrogen-bond donors (Lipinski definition) is 1. The number of alkyl halides is 3. The number of fused-ring (bicyclic) bond motifs is 1. The van der Waals surface area contributed by atoms with Gasteiger partial charge in [0.25, 0.3) is 5.72 Å². The molecule has 1 aliphatic heterocycles. The number of carbonyl (C=O) groups excluding carboxylic acids is 1. The van der Waals surface area contributed by atoms with Crippen molar-refractivity contribution in [1.82, 2.24) is 0 Å². The first-order chi connectivity index (χ1) is 8.79. The van der Waals surface area contributed by atoms with Gasteiger partial charge in [0.15, 0.2) is 0 Å². The van der Waals surface area contributed by atoms with Crippen LogP contribution in [0.3, 0.4) is 0 Å². The molecule has 1 aliphatic rings. The zero-order valence-corrected chi connectivity index (χ0v) is 10.4. The van der Waals surface area contributed by atoms with Crippen LogP contribution in [0.1, 0.15) is 6.42 Å². The second-order valence-electron chi connectivity index (χ2n) is 3.92. The number of anilines is 1. The van der Waals surface area contributed by atoms with E-state index in [4.69, 9.17) is 16.3 Å². The number of methoxy groups -OCH3 is 1. The number of benzene rings is 1. The second-order valence-corrected chi connectivity index (χ2v) is 4.32. The van der Waals surface area contributed by atoms with Crippen LogP contribution >= 0.6 is 11.6 Å². The van der Waals surface area contributed by atoms with Gasteiger partial charge in [-0.3, -0.25) is 4.79 Å². The van der Waals surface area contributed by atoms with Crippen molar-refractivity contribution in [2.24, 2.45) is 0 Å². The molecule has 1 N–H and O–H groups in total. The molecular weight excluding hydrogens is 287 g/mol. The number of hydrogen-bond acceptors (Lipinski definition) is 4. The molecule has 0 amide bonds. The Morgan fingerprint density at radius 2 is 2.21 bits per heavy atom. The zero-order valence-electron chi connectivity index (χ0n) is 9.68. The molecule has 1 unspecified atom stereocenters. The fourth-order valence-corrected chi connectivity index (χ4v) is 1.92. The van der Waals surface area contributed by atoms with Gasteiger partial charge >= 0.3 is 12.1 Å². The summed E-state index contributed by atoms with van der Waals surface area (Å²) in [6.45, 7) is 0. The predicted molar refractivity (Wildman–Crippen MR) is 61.1 cm³/mol. The molecule has 0 radical (unpaired) electrons. The maximum Gasteiger partial charge on any atom is 0.449 e. The minimum atomic E-state index is -4.82. The first-order valence-electron chi connectivity index (χ1n) is 5.18. The molecule has 0 fully saturated rings. The summed E-state index contributed by atoms with van der Waals surface area (Å²) < 4.78 is 48.7. The van der Waals surface area contributed by atoms with E-state index in [1.54, 1.807) is 0 Å². The van der Waals surface area contributed by atoms with Gasteiger partial charge in [-0.1, -0.05) is 17.7 Å². The van der Waals surface area contributed by atoms with E-state index >= 15 is 0 Å². The molecule has 1 atom stereocenters. The number of carbonyl (C=O) groups is 1. The Kier molecular flexibility index (Phi) is 3.25. The molecule has 0 aliphatic carbocycles. The lowest BCUT2D eigenvalue weighted by atomic mass is 10.1. The van der Waals surface area contributed by atoms with Crippen molar-refractivity contribution in [1.29, 1.82) is 0 Å². The molecule has 19 heavy (non-hydrogen) atoms. The zero-order chi connectivity index (χ0) is 14.3. The van der Waals surface area contributed by atoms with E-state index in [-0.39, 0.29) is 16.5 Å². The molecule has 1 aromatic carbocycles. The summed E-state index contributed by atoms with van der Waals surface area (Å²) in [5, 5.41) is 2.22. The highest BCUT2D eigenvalue weighted by atomic mass is 35.5. The van der Waals surface area contributed by atoms with Crippen LogP contribution in [0.25, 0.3) is 0 Å². The molecule has 0 saturated heterocycles. The number of ether oxygens (including phenoxy) is 2. The van der Waals surface area contributed by atoms with Crippen LogP contribution in [-0.4, -0.2) is 25.0 Å².